The van der Waals surface area contributed by atoms with E-state index in [2.05, 4.69) is 15.2 Å². The molecule has 0 saturated carbocycles. The predicted molar refractivity (Wildman–Crippen MR) is 88.8 cm³/mol. The zero-order chi connectivity index (χ0) is 13.4. The highest BCUT2D eigenvalue weighted by molar-refractivity contribution is 6.36. The van der Waals surface area contributed by atoms with Crippen LogP contribution in [-0.4, -0.2) is 31.2 Å². The molecular formula is C14H16Cl3N3. The number of fused-ring (bicyclic) bond motifs is 1. The Morgan fingerprint density at radius 1 is 1.20 bits per heavy atom. The fourth-order valence-corrected chi connectivity index (χ4v) is 2.94. The van der Waals surface area contributed by atoms with Crippen LogP contribution < -0.4 is 10.2 Å². The van der Waals surface area contributed by atoms with Crippen LogP contribution in [0.5, 0.6) is 0 Å². The number of aryl methyl sites for hydroxylation is 1. The van der Waals surface area contributed by atoms with E-state index in [1.807, 2.05) is 25.1 Å². The predicted octanol–water partition coefficient (Wildman–Crippen LogP) is 3.68. The first kappa shape index (κ1) is 15.6. The summed E-state index contributed by atoms with van der Waals surface area (Å²) < 4.78 is 0. The number of aromatic nitrogens is 1. The molecule has 0 unspecified atom stereocenters. The summed E-state index contributed by atoms with van der Waals surface area (Å²) in [4.78, 5) is 6.86. The fraction of sp³-hybridized carbons (Fsp3) is 0.357. The van der Waals surface area contributed by atoms with Crippen molar-refractivity contribution >= 4 is 52.2 Å². The highest BCUT2D eigenvalue weighted by Crippen LogP contribution is 2.36. The monoisotopic (exact) mass is 331 g/mol. The Kier molecular flexibility index (Phi) is 4.97. The van der Waals surface area contributed by atoms with Crippen molar-refractivity contribution in [3.05, 3.63) is 33.9 Å². The van der Waals surface area contributed by atoms with Crippen molar-refractivity contribution < 1.29 is 0 Å². The van der Waals surface area contributed by atoms with Crippen molar-refractivity contribution in [1.29, 1.82) is 0 Å². The first-order valence-corrected chi connectivity index (χ1v) is 7.13. The molecular weight excluding hydrogens is 317 g/mol. The third-order valence-electron chi connectivity index (χ3n) is 3.46. The molecule has 0 bridgehead atoms. The number of anilines is 1. The van der Waals surface area contributed by atoms with Crippen LogP contribution in [0.4, 0.5) is 5.69 Å². The Bertz CT molecular complexity index is 625. The van der Waals surface area contributed by atoms with Crippen molar-refractivity contribution in [3.8, 4) is 0 Å². The van der Waals surface area contributed by atoms with Crippen LogP contribution in [0.15, 0.2) is 18.2 Å². The quantitative estimate of drug-likeness (QED) is 0.863. The van der Waals surface area contributed by atoms with Gasteiger partial charge >= 0.3 is 0 Å². The van der Waals surface area contributed by atoms with E-state index in [1.54, 1.807) is 0 Å². The fourth-order valence-electron chi connectivity index (χ4n) is 2.51. The number of rotatable bonds is 1. The second-order valence-corrected chi connectivity index (χ2v) is 5.57. The van der Waals surface area contributed by atoms with Gasteiger partial charge in [0.05, 0.1) is 21.9 Å². The molecule has 1 aromatic carbocycles. The molecule has 0 radical (unpaired) electrons. The van der Waals surface area contributed by atoms with Crippen LogP contribution in [0.1, 0.15) is 5.69 Å². The van der Waals surface area contributed by atoms with Gasteiger partial charge in [-0.05, 0) is 25.1 Å². The molecule has 20 heavy (non-hydrogen) atoms. The van der Waals surface area contributed by atoms with E-state index in [-0.39, 0.29) is 12.4 Å². The molecule has 0 aliphatic carbocycles. The Hall–Kier alpha value is -0.740. The van der Waals surface area contributed by atoms with Gasteiger partial charge in [0.2, 0.25) is 0 Å². The van der Waals surface area contributed by atoms with Crippen LogP contribution in [0.3, 0.4) is 0 Å². The largest absolute Gasteiger partial charge is 0.367 e. The van der Waals surface area contributed by atoms with E-state index in [4.69, 9.17) is 23.2 Å². The molecule has 1 aromatic heterocycles. The normalized spacial score (nSPS) is 15.2. The molecule has 1 aliphatic rings. The minimum Gasteiger partial charge on any atom is -0.367 e. The van der Waals surface area contributed by atoms with Gasteiger partial charge in [-0.1, -0.05) is 23.2 Å². The van der Waals surface area contributed by atoms with Gasteiger partial charge < -0.3 is 10.2 Å². The zero-order valence-corrected chi connectivity index (χ0v) is 13.4. The standard InChI is InChI=1S/C14H15Cl2N3.ClH/c1-9-13(16)14(19-6-4-17-5-7-19)11-3-2-10(15)8-12(11)18-9;/h2-3,8,17H,4-7H2,1H3;1H. The number of halogens is 3. The lowest BCUT2D eigenvalue weighted by atomic mass is 10.1. The minimum atomic E-state index is 0. The smallest absolute Gasteiger partial charge is 0.0858 e. The average molecular weight is 333 g/mol. The lowest BCUT2D eigenvalue weighted by molar-refractivity contribution is 0.590. The van der Waals surface area contributed by atoms with Gasteiger partial charge in [-0.15, -0.1) is 12.4 Å². The molecule has 0 amide bonds. The molecule has 0 spiro atoms. The Labute approximate surface area is 134 Å². The number of nitrogens with zero attached hydrogens (tertiary/aromatic N) is 2. The van der Waals surface area contributed by atoms with Crippen LogP contribution in [0.25, 0.3) is 10.9 Å². The number of nitrogens with one attached hydrogen (secondary N) is 1. The molecule has 3 rings (SSSR count). The van der Waals surface area contributed by atoms with Gasteiger partial charge in [0.15, 0.2) is 0 Å². The summed E-state index contributed by atoms with van der Waals surface area (Å²) in [5.41, 5.74) is 2.84. The van der Waals surface area contributed by atoms with Crippen molar-refractivity contribution in [2.45, 2.75) is 6.92 Å². The maximum Gasteiger partial charge on any atom is 0.0858 e. The third kappa shape index (κ3) is 2.82. The zero-order valence-electron chi connectivity index (χ0n) is 11.1. The molecule has 3 nitrogen and oxygen atoms in total. The second kappa shape index (κ2) is 6.35. The van der Waals surface area contributed by atoms with E-state index in [0.717, 1.165) is 53.5 Å². The van der Waals surface area contributed by atoms with E-state index in [1.165, 1.54) is 0 Å². The van der Waals surface area contributed by atoms with Gasteiger partial charge in [-0.2, -0.15) is 0 Å². The second-order valence-electron chi connectivity index (χ2n) is 4.76. The molecule has 6 heteroatoms. The number of pyridine rings is 1. The Morgan fingerprint density at radius 3 is 2.60 bits per heavy atom. The van der Waals surface area contributed by atoms with Crippen molar-refractivity contribution in [2.24, 2.45) is 0 Å². The minimum absolute atomic E-state index is 0. The summed E-state index contributed by atoms with van der Waals surface area (Å²) in [5, 5.41) is 5.87. The first-order chi connectivity index (χ1) is 9.16. The topological polar surface area (TPSA) is 28.2 Å². The summed E-state index contributed by atoms with van der Waals surface area (Å²) >= 11 is 12.5. The lowest BCUT2D eigenvalue weighted by Gasteiger charge is -2.31. The van der Waals surface area contributed by atoms with Crippen molar-refractivity contribution in [3.63, 3.8) is 0 Å². The maximum atomic E-state index is 6.49. The summed E-state index contributed by atoms with van der Waals surface area (Å²) in [5.74, 6) is 0. The SMILES string of the molecule is Cc1nc2cc(Cl)ccc2c(N2CCNCC2)c1Cl.Cl. The van der Waals surface area contributed by atoms with E-state index >= 15 is 0 Å². The molecule has 2 heterocycles. The van der Waals surface area contributed by atoms with Crippen LogP contribution in [-0.2, 0) is 0 Å². The summed E-state index contributed by atoms with van der Waals surface area (Å²) in [6.45, 7) is 5.82. The highest BCUT2D eigenvalue weighted by atomic mass is 35.5. The number of hydrogen-bond donors (Lipinski definition) is 1. The van der Waals surface area contributed by atoms with Crippen molar-refractivity contribution in [2.75, 3.05) is 31.1 Å². The molecule has 1 N–H and O–H groups in total. The van der Waals surface area contributed by atoms with Crippen LogP contribution >= 0.6 is 35.6 Å². The van der Waals surface area contributed by atoms with E-state index in [9.17, 15) is 0 Å². The van der Waals surface area contributed by atoms with E-state index < -0.39 is 0 Å². The molecule has 108 valence electrons. The summed E-state index contributed by atoms with van der Waals surface area (Å²) in [7, 11) is 0. The average Bonchev–Trinajstić information content (AvgIpc) is 2.41. The number of piperazine rings is 1. The van der Waals surface area contributed by atoms with Gasteiger partial charge in [0.25, 0.3) is 0 Å². The first-order valence-electron chi connectivity index (χ1n) is 6.38. The molecule has 1 aliphatic heterocycles. The van der Waals surface area contributed by atoms with Gasteiger partial charge in [0, 0.05) is 36.6 Å². The third-order valence-corrected chi connectivity index (χ3v) is 4.15. The molecule has 0 atom stereocenters. The molecule has 1 fully saturated rings. The van der Waals surface area contributed by atoms with E-state index in [0.29, 0.717) is 5.02 Å². The van der Waals surface area contributed by atoms with Crippen LogP contribution in [0.2, 0.25) is 10.0 Å². The van der Waals surface area contributed by atoms with Gasteiger partial charge in [-0.25, -0.2) is 0 Å². The highest BCUT2D eigenvalue weighted by Gasteiger charge is 2.19. The molecule has 1 saturated heterocycles. The Balaban J connectivity index is 0.00000147. The maximum absolute atomic E-state index is 6.49. The summed E-state index contributed by atoms with van der Waals surface area (Å²) in [6.07, 6.45) is 0. The lowest BCUT2D eigenvalue weighted by Crippen LogP contribution is -2.43. The number of benzene rings is 1. The van der Waals surface area contributed by atoms with Gasteiger partial charge in [0.1, 0.15) is 0 Å². The van der Waals surface area contributed by atoms with Gasteiger partial charge in [-0.3, -0.25) is 4.98 Å². The summed E-state index contributed by atoms with van der Waals surface area (Å²) in [6, 6.07) is 5.79. The van der Waals surface area contributed by atoms with Crippen LogP contribution in [0, 0.1) is 6.92 Å². The van der Waals surface area contributed by atoms with Crippen molar-refractivity contribution in [1.82, 2.24) is 10.3 Å². The number of hydrogen-bond acceptors (Lipinski definition) is 3. The molecule has 2 aromatic rings. The Morgan fingerprint density at radius 2 is 1.90 bits per heavy atom.